The number of hydrogen-bond donors (Lipinski definition) is 0. The van der Waals surface area contributed by atoms with Crippen LogP contribution in [0.4, 0.5) is 0 Å². The first kappa shape index (κ1) is 35.6. The van der Waals surface area contributed by atoms with E-state index >= 15 is 0 Å². The Morgan fingerprint density at radius 2 is 0.774 bits per heavy atom. The van der Waals surface area contributed by atoms with E-state index in [-0.39, 0.29) is 5.56 Å². The van der Waals surface area contributed by atoms with Crippen LogP contribution in [-0.4, -0.2) is 14.1 Å². The molecular formula is C58H37N3O. The molecule has 4 nitrogen and oxygen atoms in total. The van der Waals surface area contributed by atoms with E-state index in [1.807, 2.05) is 53.1 Å². The highest BCUT2D eigenvalue weighted by Crippen LogP contribution is 2.45. The average molecular weight is 792 g/mol. The van der Waals surface area contributed by atoms with Crippen LogP contribution in [0.15, 0.2) is 229 Å². The number of aromatic nitrogens is 3. The summed E-state index contributed by atoms with van der Waals surface area (Å²) in [6.45, 7) is 0. The zero-order chi connectivity index (χ0) is 41.1. The Kier molecular flexibility index (Phi) is 8.29. The topological polar surface area (TPSA) is 39.8 Å². The van der Waals surface area contributed by atoms with Crippen LogP contribution >= 0.6 is 0 Å². The zero-order valence-corrected chi connectivity index (χ0v) is 33.6. The third-order valence-corrected chi connectivity index (χ3v) is 12.3. The maximum absolute atomic E-state index is 15.0. The van der Waals surface area contributed by atoms with Gasteiger partial charge in [0.05, 0.1) is 22.2 Å². The van der Waals surface area contributed by atoms with Crippen molar-refractivity contribution in [1.29, 1.82) is 0 Å². The van der Waals surface area contributed by atoms with E-state index < -0.39 is 0 Å². The number of nitrogens with zero attached hydrogens (tertiary/aromatic N) is 3. The average Bonchev–Trinajstić information content (AvgIpc) is 3.74. The summed E-state index contributed by atoms with van der Waals surface area (Å²) in [6, 6.07) is 78.4. The van der Waals surface area contributed by atoms with Crippen molar-refractivity contribution < 1.29 is 0 Å². The Balaban J connectivity index is 1.18. The van der Waals surface area contributed by atoms with Crippen molar-refractivity contribution in [3.8, 4) is 56.1 Å². The van der Waals surface area contributed by atoms with Gasteiger partial charge in [0.15, 0.2) is 0 Å². The van der Waals surface area contributed by atoms with Gasteiger partial charge in [0, 0.05) is 22.0 Å². The molecular weight excluding hydrogens is 755 g/mol. The second-order valence-electron chi connectivity index (χ2n) is 15.9. The molecule has 0 atom stereocenters. The van der Waals surface area contributed by atoms with Crippen molar-refractivity contribution >= 4 is 54.3 Å². The molecule has 0 saturated carbocycles. The molecule has 0 radical (unpaired) electrons. The fraction of sp³-hybridized carbons (Fsp3) is 0. The van der Waals surface area contributed by atoms with Gasteiger partial charge in [-0.3, -0.25) is 13.9 Å². The van der Waals surface area contributed by atoms with Crippen LogP contribution in [0.25, 0.3) is 110 Å². The number of fused-ring (bicyclic) bond motifs is 6. The zero-order valence-electron chi connectivity index (χ0n) is 33.6. The molecule has 0 N–H and O–H groups in total. The first-order chi connectivity index (χ1) is 30.7. The number of hydrogen-bond acceptors (Lipinski definition) is 2. The summed E-state index contributed by atoms with van der Waals surface area (Å²) in [7, 11) is 0. The van der Waals surface area contributed by atoms with Gasteiger partial charge in [-0.1, -0.05) is 170 Å². The van der Waals surface area contributed by atoms with Gasteiger partial charge in [0.1, 0.15) is 5.82 Å². The lowest BCUT2D eigenvalue weighted by atomic mass is 9.85. The number of pyridine rings is 1. The van der Waals surface area contributed by atoms with E-state index in [0.717, 1.165) is 88.3 Å². The molecule has 2 aromatic heterocycles. The lowest BCUT2D eigenvalue weighted by Gasteiger charge is -2.20. The highest BCUT2D eigenvalue weighted by molar-refractivity contribution is 6.21. The van der Waals surface area contributed by atoms with Gasteiger partial charge in [-0.05, 0) is 115 Å². The van der Waals surface area contributed by atoms with Gasteiger partial charge in [0.25, 0.3) is 5.56 Å². The number of imidazole rings is 1. The van der Waals surface area contributed by atoms with Crippen LogP contribution < -0.4 is 5.56 Å². The van der Waals surface area contributed by atoms with Gasteiger partial charge in [-0.2, -0.15) is 0 Å². The van der Waals surface area contributed by atoms with E-state index in [1.54, 1.807) is 0 Å². The molecule has 0 aliphatic rings. The van der Waals surface area contributed by atoms with Gasteiger partial charge >= 0.3 is 0 Å². The second kappa shape index (κ2) is 14.4. The third kappa shape index (κ3) is 5.69. The van der Waals surface area contributed by atoms with Crippen LogP contribution in [0.5, 0.6) is 0 Å². The molecule has 0 amide bonds. The largest absolute Gasteiger partial charge is 0.292 e. The minimum atomic E-state index is -0.0667. The molecule has 0 fully saturated rings. The predicted octanol–water partition coefficient (Wildman–Crippen LogP) is 14.5. The van der Waals surface area contributed by atoms with Gasteiger partial charge in [0.2, 0.25) is 0 Å². The molecule has 62 heavy (non-hydrogen) atoms. The summed E-state index contributed by atoms with van der Waals surface area (Å²) in [5, 5.41) is 7.21. The minimum absolute atomic E-state index is 0.0667. The molecule has 10 aromatic carbocycles. The van der Waals surface area contributed by atoms with Crippen molar-refractivity contribution in [1.82, 2.24) is 14.1 Å². The van der Waals surface area contributed by atoms with Crippen LogP contribution in [0, 0.1) is 0 Å². The predicted molar refractivity (Wildman–Crippen MR) is 258 cm³/mol. The Bertz CT molecular complexity index is 3700. The summed E-state index contributed by atoms with van der Waals surface area (Å²) in [4.78, 5) is 20.3. The number of para-hydroxylation sites is 4. The van der Waals surface area contributed by atoms with Crippen molar-refractivity contribution in [2.24, 2.45) is 0 Å². The van der Waals surface area contributed by atoms with E-state index in [4.69, 9.17) is 4.98 Å². The number of benzene rings is 10. The molecule has 12 rings (SSSR count). The lowest BCUT2D eigenvalue weighted by Crippen LogP contribution is -2.19. The van der Waals surface area contributed by atoms with Gasteiger partial charge in [-0.15, -0.1) is 0 Å². The van der Waals surface area contributed by atoms with Gasteiger partial charge in [-0.25, -0.2) is 4.98 Å². The molecule has 0 aliphatic carbocycles. The molecule has 0 saturated heterocycles. The van der Waals surface area contributed by atoms with Crippen molar-refractivity contribution in [3.05, 3.63) is 235 Å². The van der Waals surface area contributed by atoms with E-state index in [2.05, 4.69) is 180 Å². The monoisotopic (exact) mass is 791 g/mol. The van der Waals surface area contributed by atoms with Crippen LogP contribution in [-0.2, 0) is 0 Å². The lowest BCUT2D eigenvalue weighted by molar-refractivity contribution is 1.06. The van der Waals surface area contributed by atoms with Crippen molar-refractivity contribution in [2.75, 3.05) is 0 Å². The Hall–Kier alpha value is -8.34. The standard InChI is InChI=1S/C58H37N3O/c62-58-51-27-12-7-21-45(51)46-22-13-15-29-53(46)61(58)44-36-41(35-42(37-44)57-59-52-28-14-16-30-54(52)60(57)43-19-5-2-6-20-43)56-49-25-10-8-23-47(49)55(48-24-9-11-26-50(48)56)40-33-31-39(32-34-40)38-17-3-1-4-18-38/h1-37H. The van der Waals surface area contributed by atoms with Crippen LogP contribution in [0.3, 0.4) is 0 Å². The fourth-order valence-electron chi connectivity index (χ4n) is 9.57. The molecule has 0 unspecified atom stereocenters. The quantitative estimate of drug-likeness (QED) is 0.124. The third-order valence-electron chi connectivity index (χ3n) is 12.3. The summed E-state index contributed by atoms with van der Waals surface area (Å²) in [5.74, 6) is 0.794. The molecule has 0 spiro atoms. The summed E-state index contributed by atoms with van der Waals surface area (Å²) >= 11 is 0. The Morgan fingerprint density at radius 3 is 1.44 bits per heavy atom. The summed E-state index contributed by atoms with van der Waals surface area (Å²) < 4.78 is 4.13. The molecule has 12 aromatic rings. The molecule has 290 valence electrons. The minimum Gasteiger partial charge on any atom is -0.292 e. The highest BCUT2D eigenvalue weighted by atomic mass is 16.1. The van der Waals surface area contributed by atoms with Gasteiger partial charge < -0.3 is 0 Å². The maximum atomic E-state index is 15.0. The summed E-state index contributed by atoms with van der Waals surface area (Å²) in [6.07, 6.45) is 0. The van der Waals surface area contributed by atoms with Crippen LogP contribution in [0.1, 0.15) is 0 Å². The first-order valence-electron chi connectivity index (χ1n) is 21.0. The summed E-state index contributed by atoms with van der Waals surface area (Å²) in [5.41, 5.74) is 12.2. The fourth-order valence-corrected chi connectivity index (χ4v) is 9.57. The number of rotatable bonds is 6. The smallest absolute Gasteiger partial charge is 0.263 e. The normalized spacial score (nSPS) is 11.6. The van der Waals surface area contributed by atoms with E-state index in [9.17, 15) is 4.79 Å². The highest BCUT2D eigenvalue weighted by Gasteiger charge is 2.22. The SMILES string of the molecule is O=c1c2ccccc2c2ccccc2n1-c1cc(-c2c3ccccc3c(-c3ccc(-c4ccccc4)cc3)c3ccccc23)cc(-c2nc3ccccc3n2-c2ccccc2)c1. The van der Waals surface area contributed by atoms with Crippen LogP contribution in [0.2, 0.25) is 0 Å². The van der Waals surface area contributed by atoms with Crippen molar-refractivity contribution in [2.45, 2.75) is 0 Å². The maximum Gasteiger partial charge on any atom is 0.263 e. The van der Waals surface area contributed by atoms with Crippen molar-refractivity contribution in [3.63, 3.8) is 0 Å². The molecule has 2 heterocycles. The van der Waals surface area contributed by atoms with E-state index in [1.165, 1.54) is 16.7 Å². The van der Waals surface area contributed by atoms with E-state index in [0.29, 0.717) is 5.39 Å². The molecule has 4 heteroatoms. The molecule has 0 aliphatic heterocycles. The Morgan fingerprint density at radius 1 is 0.306 bits per heavy atom. The Labute approximate surface area is 357 Å². The first-order valence-corrected chi connectivity index (χ1v) is 21.0. The second-order valence-corrected chi connectivity index (χ2v) is 15.9. The molecule has 0 bridgehead atoms.